The second kappa shape index (κ2) is 6.80. The normalized spacial score (nSPS) is 11.3. The number of aryl methyl sites for hydroxylation is 1. The van der Waals surface area contributed by atoms with Crippen molar-refractivity contribution < 1.29 is 13.2 Å². The maximum atomic E-state index is 12.0. The molecule has 0 aliphatic carbocycles. The Kier molecular flexibility index (Phi) is 5.66. The van der Waals surface area contributed by atoms with Gasteiger partial charge in [0.15, 0.2) is 0 Å². The number of aromatic nitrogens is 2. The van der Waals surface area contributed by atoms with Gasteiger partial charge in [-0.3, -0.25) is 0 Å². The first-order valence-corrected chi connectivity index (χ1v) is 6.53. The van der Waals surface area contributed by atoms with E-state index < -0.39 is 12.6 Å². The van der Waals surface area contributed by atoms with Crippen molar-refractivity contribution in [2.75, 3.05) is 0 Å². The van der Waals surface area contributed by atoms with Crippen LogP contribution in [0.25, 0.3) is 11.0 Å². The molecule has 0 N–H and O–H groups in total. The summed E-state index contributed by atoms with van der Waals surface area (Å²) in [5.74, 6) is 0. The maximum Gasteiger partial charge on any atom is 0.389 e. The van der Waals surface area contributed by atoms with Crippen LogP contribution in [-0.2, 0) is 6.54 Å². The van der Waals surface area contributed by atoms with Crippen LogP contribution in [0.5, 0.6) is 0 Å². The van der Waals surface area contributed by atoms with Crippen molar-refractivity contribution in [3.05, 3.63) is 29.5 Å². The second-order valence-corrected chi connectivity index (χ2v) is 4.08. The van der Waals surface area contributed by atoms with Crippen LogP contribution in [0.1, 0.15) is 26.7 Å². The highest BCUT2D eigenvalue weighted by Crippen LogP contribution is 2.24. The summed E-state index contributed by atoms with van der Waals surface area (Å²) in [5.41, 5.74) is 1.46. The van der Waals surface area contributed by atoms with Crippen molar-refractivity contribution in [1.82, 2.24) is 9.55 Å². The zero-order chi connectivity index (χ0) is 14.5. The Morgan fingerprint density at radius 2 is 1.84 bits per heavy atom. The van der Waals surface area contributed by atoms with Crippen molar-refractivity contribution in [3.8, 4) is 0 Å². The number of imidazole rings is 1. The summed E-state index contributed by atoms with van der Waals surface area (Å²) < 4.78 is 37.7. The SMILES string of the molecule is CC.FC(F)(F)CCCn1c(Cl)nc2ccccc21. The Morgan fingerprint density at radius 3 is 2.47 bits per heavy atom. The molecule has 1 aromatic carbocycles. The monoisotopic (exact) mass is 292 g/mol. The maximum absolute atomic E-state index is 12.0. The van der Waals surface area contributed by atoms with Gasteiger partial charge in [0, 0.05) is 13.0 Å². The zero-order valence-electron chi connectivity index (χ0n) is 10.8. The fourth-order valence-electron chi connectivity index (χ4n) is 1.70. The fraction of sp³-hybridized carbons (Fsp3) is 0.462. The Labute approximate surface area is 115 Å². The summed E-state index contributed by atoms with van der Waals surface area (Å²) in [7, 11) is 0. The highest BCUT2D eigenvalue weighted by molar-refractivity contribution is 6.29. The van der Waals surface area contributed by atoms with E-state index in [4.69, 9.17) is 11.6 Å². The first kappa shape index (κ1) is 15.8. The molecule has 0 saturated heterocycles. The van der Waals surface area contributed by atoms with Crippen LogP contribution >= 0.6 is 11.6 Å². The lowest BCUT2D eigenvalue weighted by molar-refractivity contribution is -0.135. The van der Waals surface area contributed by atoms with E-state index >= 15 is 0 Å². The standard InChI is InChI=1S/C11H10ClF3N2.C2H6/c12-10-16-8-4-1-2-5-9(8)17(10)7-3-6-11(13,14)15;1-2/h1-2,4-5H,3,6-7H2;1-2H3. The van der Waals surface area contributed by atoms with Crippen molar-refractivity contribution in [1.29, 1.82) is 0 Å². The highest BCUT2D eigenvalue weighted by Gasteiger charge is 2.26. The molecular formula is C13H16ClF3N2. The third kappa shape index (κ3) is 4.42. The van der Waals surface area contributed by atoms with Crippen LogP contribution < -0.4 is 0 Å². The summed E-state index contributed by atoms with van der Waals surface area (Å²) in [4.78, 5) is 4.08. The number of rotatable bonds is 3. The van der Waals surface area contributed by atoms with Crippen LogP contribution in [0.4, 0.5) is 13.2 Å². The number of halogens is 4. The van der Waals surface area contributed by atoms with Gasteiger partial charge in [0.1, 0.15) is 0 Å². The lowest BCUT2D eigenvalue weighted by Crippen LogP contribution is -2.09. The molecule has 0 aliphatic rings. The van der Waals surface area contributed by atoms with E-state index in [1.165, 1.54) is 0 Å². The quantitative estimate of drug-likeness (QED) is 0.773. The molecule has 2 rings (SSSR count). The molecule has 0 aliphatic heterocycles. The molecule has 2 aromatic rings. The minimum absolute atomic E-state index is 0.00355. The van der Waals surface area contributed by atoms with Crippen LogP contribution in [0.3, 0.4) is 0 Å². The van der Waals surface area contributed by atoms with Crippen molar-refractivity contribution in [2.24, 2.45) is 0 Å². The molecule has 0 atom stereocenters. The van der Waals surface area contributed by atoms with Crippen LogP contribution in [0.15, 0.2) is 24.3 Å². The summed E-state index contributed by atoms with van der Waals surface area (Å²) in [5, 5.41) is 0.230. The Morgan fingerprint density at radius 1 is 1.21 bits per heavy atom. The molecule has 1 heterocycles. The molecule has 0 bridgehead atoms. The topological polar surface area (TPSA) is 17.8 Å². The highest BCUT2D eigenvalue weighted by atomic mass is 35.5. The van der Waals surface area contributed by atoms with E-state index in [0.29, 0.717) is 5.52 Å². The summed E-state index contributed by atoms with van der Waals surface area (Å²) in [6.45, 7) is 4.22. The molecule has 0 spiro atoms. The van der Waals surface area contributed by atoms with Gasteiger partial charge in [-0.2, -0.15) is 13.2 Å². The van der Waals surface area contributed by atoms with E-state index in [1.807, 2.05) is 19.9 Å². The molecule has 0 radical (unpaired) electrons. The molecule has 19 heavy (non-hydrogen) atoms. The Balaban J connectivity index is 0.000000861. The van der Waals surface area contributed by atoms with E-state index in [-0.39, 0.29) is 18.2 Å². The minimum Gasteiger partial charge on any atom is -0.315 e. The van der Waals surface area contributed by atoms with E-state index in [0.717, 1.165) is 5.52 Å². The van der Waals surface area contributed by atoms with E-state index in [2.05, 4.69) is 4.98 Å². The van der Waals surface area contributed by atoms with Crippen molar-refractivity contribution in [2.45, 2.75) is 39.4 Å². The third-order valence-corrected chi connectivity index (χ3v) is 2.74. The predicted molar refractivity (Wildman–Crippen MR) is 71.4 cm³/mol. The number of nitrogens with zero attached hydrogens (tertiary/aromatic N) is 2. The Hall–Kier alpha value is -1.23. The van der Waals surface area contributed by atoms with Gasteiger partial charge in [0.25, 0.3) is 0 Å². The first-order chi connectivity index (χ1) is 8.97. The summed E-state index contributed by atoms with van der Waals surface area (Å²) in [6.07, 6.45) is -4.93. The molecule has 2 nitrogen and oxygen atoms in total. The number of alkyl halides is 3. The molecular weight excluding hydrogens is 277 g/mol. The average Bonchev–Trinajstić information content (AvgIpc) is 2.67. The van der Waals surface area contributed by atoms with Gasteiger partial charge in [-0.15, -0.1) is 0 Å². The predicted octanol–water partition coefficient (Wildman–Crippen LogP) is 5.06. The van der Waals surface area contributed by atoms with Gasteiger partial charge < -0.3 is 4.57 Å². The van der Waals surface area contributed by atoms with E-state index in [9.17, 15) is 13.2 Å². The largest absolute Gasteiger partial charge is 0.389 e. The molecule has 0 unspecified atom stereocenters. The number of hydrogen-bond acceptors (Lipinski definition) is 1. The van der Waals surface area contributed by atoms with Gasteiger partial charge in [-0.05, 0) is 30.2 Å². The van der Waals surface area contributed by atoms with Gasteiger partial charge in [0.2, 0.25) is 5.28 Å². The molecule has 0 amide bonds. The third-order valence-electron chi connectivity index (χ3n) is 2.45. The van der Waals surface area contributed by atoms with Gasteiger partial charge >= 0.3 is 6.18 Å². The van der Waals surface area contributed by atoms with Crippen LogP contribution in [-0.4, -0.2) is 15.7 Å². The molecule has 1 aromatic heterocycles. The number of benzene rings is 1. The number of fused-ring (bicyclic) bond motifs is 1. The summed E-state index contributed by atoms with van der Waals surface area (Å²) in [6, 6.07) is 7.19. The molecule has 6 heteroatoms. The average molecular weight is 293 g/mol. The minimum atomic E-state index is -4.12. The molecule has 0 fully saturated rings. The lowest BCUT2D eigenvalue weighted by Gasteiger charge is -2.08. The zero-order valence-corrected chi connectivity index (χ0v) is 11.6. The van der Waals surface area contributed by atoms with Gasteiger partial charge in [-0.1, -0.05) is 26.0 Å². The summed E-state index contributed by atoms with van der Waals surface area (Å²) >= 11 is 5.89. The number of para-hydroxylation sites is 2. The first-order valence-electron chi connectivity index (χ1n) is 6.15. The fourth-order valence-corrected chi connectivity index (χ4v) is 1.96. The van der Waals surface area contributed by atoms with Crippen LogP contribution in [0, 0.1) is 0 Å². The van der Waals surface area contributed by atoms with Gasteiger partial charge in [-0.25, -0.2) is 4.98 Å². The molecule has 106 valence electrons. The van der Waals surface area contributed by atoms with Crippen LogP contribution in [0.2, 0.25) is 5.28 Å². The van der Waals surface area contributed by atoms with Gasteiger partial charge in [0.05, 0.1) is 11.0 Å². The Bertz CT molecular complexity index is 520. The smallest absolute Gasteiger partial charge is 0.315 e. The molecule has 0 saturated carbocycles. The van der Waals surface area contributed by atoms with Crippen molar-refractivity contribution in [3.63, 3.8) is 0 Å². The number of hydrogen-bond donors (Lipinski definition) is 0. The van der Waals surface area contributed by atoms with E-state index in [1.54, 1.807) is 22.8 Å². The lowest BCUT2D eigenvalue weighted by atomic mass is 10.3. The second-order valence-electron chi connectivity index (χ2n) is 3.74. The van der Waals surface area contributed by atoms with Crippen molar-refractivity contribution >= 4 is 22.6 Å².